The summed E-state index contributed by atoms with van der Waals surface area (Å²) in [4.78, 5) is 11.6. The van der Waals surface area contributed by atoms with Crippen LogP contribution in [0, 0.1) is 0 Å². The van der Waals surface area contributed by atoms with Crippen molar-refractivity contribution >= 4 is 5.97 Å². The van der Waals surface area contributed by atoms with Gasteiger partial charge in [0.15, 0.2) is 6.10 Å². The molecule has 1 aliphatic heterocycles. The van der Waals surface area contributed by atoms with Crippen LogP contribution in [-0.2, 0) is 19.0 Å². The quantitative estimate of drug-likeness (QED) is 0.542. The van der Waals surface area contributed by atoms with Crippen LogP contribution in [0.15, 0.2) is 0 Å². The molecule has 0 aromatic heterocycles. The fraction of sp³-hybridized carbons (Fsp3) is 0.917. The number of carbonyl (C=O) groups excluding carboxylic acids is 1. The van der Waals surface area contributed by atoms with Gasteiger partial charge in [-0.1, -0.05) is 0 Å². The SMILES string of the molecule is CCOC(=O)C1OC12CCCC(OCC)C2. The Morgan fingerprint density at radius 1 is 1.44 bits per heavy atom. The maximum atomic E-state index is 11.6. The first kappa shape index (κ1) is 11.9. The molecule has 3 unspecified atom stereocenters. The van der Waals surface area contributed by atoms with Gasteiger partial charge in [-0.05, 0) is 33.1 Å². The van der Waals surface area contributed by atoms with Crippen molar-refractivity contribution in [2.75, 3.05) is 13.2 Å². The Morgan fingerprint density at radius 3 is 2.94 bits per heavy atom. The van der Waals surface area contributed by atoms with Crippen molar-refractivity contribution in [1.82, 2.24) is 0 Å². The summed E-state index contributed by atoms with van der Waals surface area (Å²) >= 11 is 0. The Bertz CT molecular complexity index is 264. The lowest BCUT2D eigenvalue weighted by Gasteiger charge is -2.26. The fourth-order valence-corrected chi connectivity index (χ4v) is 2.62. The molecule has 2 aliphatic rings. The highest BCUT2D eigenvalue weighted by Crippen LogP contribution is 2.49. The molecule has 1 aliphatic carbocycles. The van der Waals surface area contributed by atoms with Gasteiger partial charge in [0.1, 0.15) is 5.60 Å². The molecule has 0 N–H and O–H groups in total. The predicted octanol–water partition coefficient (Wildman–Crippen LogP) is 1.67. The van der Waals surface area contributed by atoms with Crippen molar-refractivity contribution < 1.29 is 19.0 Å². The number of hydrogen-bond acceptors (Lipinski definition) is 4. The monoisotopic (exact) mass is 228 g/mol. The molecule has 16 heavy (non-hydrogen) atoms. The lowest BCUT2D eigenvalue weighted by molar-refractivity contribution is -0.144. The third kappa shape index (κ3) is 2.23. The van der Waals surface area contributed by atoms with Crippen LogP contribution in [0.5, 0.6) is 0 Å². The number of rotatable bonds is 4. The van der Waals surface area contributed by atoms with E-state index < -0.39 is 0 Å². The molecule has 4 heteroatoms. The maximum Gasteiger partial charge on any atom is 0.338 e. The van der Waals surface area contributed by atoms with E-state index in [0.29, 0.717) is 6.61 Å². The van der Waals surface area contributed by atoms with E-state index in [1.54, 1.807) is 0 Å². The minimum Gasteiger partial charge on any atom is -0.464 e. The van der Waals surface area contributed by atoms with Gasteiger partial charge in [-0.2, -0.15) is 0 Å². The summed E-state index contributed by atoms with van der Waals surface area (Å²) in [6, 6.07) is 0. The highest BCUT2D eigenvalue weighted by molar-refractivity contribution is 5.79. The summed E-state index contributed by atoms with van der Waals surface area (Å²) in [5.41, 5.74) is -0.260. The number of epoxide rings is 1. The highest BCUT2D eigenvalue weighted by atomic mass is 16.7. The van der Waals surface area contributed by atoms with E-state index in [-0.39, 0.29) is 23.8 Å². The van der Waals surface area contributed by atoms with Gasteiger partial charge < -0.3 is 14.2 Å². The number of esters is 1. The molecule has 0 aromatic carbocycles. The molecule has 0 bridgehead atoms. The Balaban J connectivity index is 1.88. The second-order valence-corrected chi connectivity index (χ2v) is 4.49. The van der Waals surface area contributed by atoms with Gasteiger partial charge >= 0.3 is 5.97 Å². The van der Waals surface area contributed by atoms with Gasteiger partial charge in [0.05, 0.1) is 12.7 Å². The zero-order valence-corrected chi connectivity index (χ0v) is 10.0. The summed E-state index contributed by atoms with van der Waals surface area (Å²) in [7, 11) is 0. The summed E-state index contributed by atoms with van der Waals surface area (Å²) in [6.07, 6.45) is 3.85. The molecule has 2 fully saturated rings. The molecule has 1 saturated carbocycles. The van der Waals surface area contributed by atoms with Crippen molar-refractivity contribution in [1.29, 1.82) is 0 Å². The zero-order valence-electron chi connectivity index (χ0n) is 10.0. The summed E-state index contributed by atoms with van der Waals surface area (Å²) in [5.74, 6) is -0.209. The van der Waals surface area contributed by atoms with E-state index in [1.165, 1.54) is 0 Å². The zero-order chi connectivity index (χ0) is 11.6. The highest BCUT2D eigenvalue weighted by Gasteiger charge is 2.62. The lowest BCUT2D eigenvalue weighted by atomic mass is 9.84. The summed E-state index contributed by atoms with van der Waals surface area (Å²) in [5, 5.41) is 0. The van der Waals surface area contributed by atoms with Gasteiger partial charge in [-0.3, -0.25) is 0 Å². The first-order valence-corrected chi connectivity index (χ1v) is 6.18. The molecule has 3 atom stereocenters. The number of ether oxygens (including phenoxy) is 3. The molecule has 1 heterocycles. The molecular formula is C12H20O4. The van der Waals surface area contributed by atoms with Crippen molar-refractivity contribution in [2.45, 2.75) is 57.3 Å². The molecule has 0 aromatic rings. The lowest BCUT2D eigenvalue weighted by Crippen LogP contribution is -2.33. The van der Waals surface area contributed by atoms with Crippen LogP contribution in [0.2, 0.25) is 0 Å². The average molecular weight is 228 g/mol. The average Bonchev–Trinajstić information content (AvgIpc) is 2.93. The van der Waals surface area contributed by atoms with E-state index in [2.05, 4.69) is 0 Å². The van der Waals surface area contributed by atoms with Crippen LogP contribution >= 0.6 is 0 Å². The first-order valence-electron chi connectivity index (χ1n) is 6.18. The van der Waals surface area contributed by atoms with E-state index in [0.717, 1.165) is 32.3 Å². The molecule has 0 radical (unpaired) electrons. The van der Waals surface area contributed by atoms with Gasteiger partial charge in [0.2, 0.25) is 0 Å². The third-order valence-electron chi connectivity index (χ3n) is 3.38. The topological polar surface area (TPSA) is 48.1 Å². The second-order valence-electron chi connectivity index (χ2n) is 4.49. The summed E-state index contributed by atoms with van der Waals surface area (Å²) < 4.78 is 16.2. The molecule has 4 nitrogen and oxygen atoms in total. The van der Waals surface area contributed by atoms with E-state index in [4.69, 9.17) is 14.2 Å². The van der Waals surface area contributed by atoms with Gasteiger partial charge in [-0.25, -0.2) is 4.79 Å². The standard InChI is InChI=1S/C12H20O4/c1-3-14-9-6-5-7-12(8-9)10(16-12)11(13)15-4-2/h9-10H,3-8H2,1-2H3. The third-order valence-corrected chi connectivity index (χ3v) is 3.38. The first-order chi connectivity index (χ1) is 7.72. The van der Waals surface area contributed by atoms with Gasteiger partial charge in [-0.15, -0.1) is 0 Å². The van der Waals surface area contributed by atoms with Crippen LogP contribution in [-0.4, -0.2) is 37.0 Å². The molecule has 1 saturated heterocycles. The molecule has 92 valence electrons. The maximum absolute atomic E-state index is 11.6. The smallest absolute Gasteiger partial charge is 0.338 e. The number of hydrogen-bond donors (Lipinski definition) is 0. The van der Waals surface area contributed by atoms with Gasteiger partial charge in [0, 0.05) is 13.0 Å². The van der Waals surface area contributed by atoms with Crippen LogP contribution in [0.3, 0.4) is 0 Å². The second kappa shape index (κ2) is 4.72. The molecule has 0 amide bonds. The van der Waals surface area contributed by atoms with E-state index >= 15 is 0 Å². The van der Waals surface area contributed by atoms with Crippen molar-refractivity contribution in [3.05, 3.63) is 0 Å². The summed E-state index contributed by atoms with van der Waals surface area (Å²) in [6.45, 7) is 4.96. The molecular weight excluding hydrogens is 208 g/mol. The van der Waals surface area contributed by atoms with Crippen molar-refractivity contribution in [3.8, 4) is 0 Å². The Kier molecular flexibility index (Phi) is 3.50. The normalized spacial score (nSPS) is 37.4. The van der Waals surface area contributed by atoms with Crippen molar-refractivity contribution in [3.63, 3.8) is 0 Å². The largest absolute Gasteiger partial charge is 0.464 e. The number of carbonyl (C=O) groups is 1. The minimum atomic E-state index is -0.337. The van der Waals surface area contributed by atoms with Gasteiger partial charge in [0.25, 0.3) is 0 Å². The van der Waals surface area contributed by atoms with Crippen molar-refractivity contribution in [2.24, 2.45) is 0 Å². The van der Waals surface area contributed by atoms with Crippen LogP contribution < -0.4 is 0 Å². The molecule has 2 rings (SSSR count). The van der Waals surface area contributed by atoms with Crippen LogP contribution in [0.1, 0.15) is 39.5 Å². The Morgan fingerprint density at radius 2 is 2.25 bits per heavy atom. The fourth-order valence-electron chi connectivity index (χ4n) is 2.62. The van der Waals surface area contributed by atoms with Crippen LogP contribution in [0.4, 0.5) is 0 Å². The minimum absolute atomic E-state index is 0.209. The Labute approximate surface area is 96.2 Å². The Hall–Kier alpha value is -0.610. The van der Waals surface area contributed by atoms with Crippen LogP contribution in [0.25, 0.3) is 0 Å². The van der Waals surface area contributed by atoms with E-state index in [9.17, 15) is 4.79 Å². The van der Waals surface area contributed by atoms with E-state index in [1.807, 2.05) is 13.8 Å². The predicted molar refractivity (Wildman–Crippen MR) is 58.1 cm³/mol. The molecule has 1 spiro atoms.